The van der Waals surface area contributed by atoms with Crippen molar-refractivity contribution in [1.29, 1.82) is 0 Å². The van der Waals surface area contributed by atoms with Gasteiger partial charge in [-0.15, -0.1) is 0 Å². The van der Waals surface area contributed by atoms with E-state index in [0.29, 0.717) is 0 Å². The topological polar surface area (TPSA) is 15.3 Å². The second kappa shape index (κ2) is 5.75. The van der Waals surface area contributed by atoms with Crippen molar-refractivity contribution < 1.29 is 0 Å². The lowest BCUT2D eigenvalue weighted by Crippen LogP contribution is -2.29. The molecule has 1 saturated heterocycles. The quantitative estimate of drug-likeness (QED) is 0.855. The fourth-order valence-electron chi connectivity index (χ4n) is 2.69. The van der Waals surface area contributed by atoms with E-state index < -0.39 is 0 Å². The van der Waals surface area contributed by atoms with E-state index in [1.807, 2.05) is 0 Å². The van der Waals surface area contributed by atoms with Crippen LogP contribution < -0.4 is 10.2 Å². The van der Waals surface area contributed by atoms with Crippen LogP contribution in [0.2, 0.25) is 0 Å². The Bertz CT molecular complexity index is 378. The lowest BCUT2D eigenvalue weighted by Gasteiger charge is -2.29. The molecule has 2 fully saturated rings. The molecule has 2 aliphatic rings. The average Bonchev–Trinajstić information content (AvgIpc) is 3.24. The Kier molecular flexibility index (Phi) is 3.84. The molecule has 0 atom stereocenters. The van der Waals surface area contributed by atoms with Crippen LogP contribution in [0.15, 0.2) is 18.2 Å². The van der Waals surface area contributed by atoms with Gasteiger partial charge in [-0.3, -0.25) is 0 Å². The van der Waals surface area contributed by atoms with E-state index in [2.05, 4.69) is 34.5 Å². The zero-order valence-corrected chi connectivity index (χ0v) is 11.1. The summed E-state index contributed by atoms with van der Waals surface area (Å²) in [7, 11) is 0. The summed E-state index contributed by atoms with van der Waals surface area (Å²) in [6, 6.07) is 9.95. The first-order valence-electron chi connectivity index (χ1n) is 7.38. The third-order valence-electron chi connectivity index (χ3n) is 4.01. The maximum absolute atomic E-state index is 3.54. The minimum atomic E-state index is 0.954. The maximum Gasteiger partial charge on any atom is 0.0369 e. The van der Waals surface area contributed by atoms with Crippen molar-refractivity contribution in [3.8, 4) is 0 Å². The maximum atomic E-state index is 3.54. The molecule has 1 heterocycles. The van der Waals surface area contributed by atoms with Crippen LogP contribution in [0.25, 0.3) is 0 Å². The molecule has 2 heteroatoms. The highest BCUT2D eigenvalue weighted by atomic mass is 15.1. The Balaban J connectivity index is 1.56. The molecule has 1 aromatic carbocycles. The fourth-order valence-corrected chi connectivity index (χ4v) is 2.69. The highest BCUT2D eigenvalue weighted by molar-refractivity contribution is 5.48. The van der Waals surface area contributed by atoms with Crippen LogP contribution in [0.4, 0.5) is 5.69 Å². The first-order valence-corrected chi connectivity index (χ1v) is 7.38. The van der Waals surface area contributed by atoms with E-state index in [0.717, 1.165) is 12.5 Å². The molecule has 1 aromatic rings. The summed E-state index contributed by atoms with van der Waals surface area (Å²) < 4.78 is 0. The van der Waals surface area contributed by atoms with Crippen LogP contribution in [-0.2, 0) is 6.54 Å². The molecule has 3 rings (SSSR count). The van der Waals surface area contributed by atoms with Gasteiger partial charge in [0.2, 0.25) is 0 Å². The largest absolute Gasteiger partial charge is 0.372 e. The average molecular weight is 243 g/mol. The summed E-state index contributed by atoms with van der Waals surface area (Å²) in [6.07, 6.45) is 6.92. The summed E-state index contributed by atoms with van der Waals surface area (Å²) in [5, 5.41) is 3.54. The zero-order valence-electron chi connectivity index (χ0n) is 11.1. The molecule has 2 nitrogen and oxygen atoms in total. The molecule has 18 heavy (non-hydrogen) atoms. The van der Waals surface area contributed by atoms with Crippen LogP contribution in [0.1, 0.15) is 37.7 Å². The first-order chi connectivity index (χ1) is 8.92. The van der Waals surface area contributed by atoms with Gasteiger partial charge in [0.25, 0.3) is 0 Å². The number of benzene rings is 1. The highest BCUT2D eigenvalue weighted by Gasteiger charge is 2.20. The number of piperidine rings is 1. The van der Waals surface area contributed by atoms with Crippen molar-refractivity contribution in [3.63, 3.8) is 0 Å². The van der Waals surface area contributed by atoms with Crippen LogP contribution >= 0.6 is 0 Å². The van der Waals surface area contributed by atoms with Crippen molar-refractivity contribution in [1.82, 2.24) is 5.32 Å². The van der Waals surface area contributed by atoms with Gasteiger partial charge in [0.05, 0.1) is 0 Å². The number of hydrogen-bond acceptors (Lipinski definition) is 2. The molecule has 97 valence electrons. The number of rotatable bonds is 5. The van der Waals surface area contributed by atoms with E-state index >= 15 is 0 Å². The van der Waals surface area contributed by atoms with Gasteiger partial charge in [-0.05, 0) is 68.3 Å². The smallest absolute Gasteiger partial charge is 0.0369 e. The van der Waals surface area contributed by atoms with Gasteiger partial charge in [0.1, 0.15) is 0 Å². The molecule has 1 radical (unpaired) electrons. The van der Waals surface area contributed by atoms with Gasteiger partial charge in [0.15, 0.2) is 0 Å². The lowest BCUT2D eigenvalue weighted by molar-refractivity contribution is 0.577. The van der Waals surface area contributed by atoms with Gasteiger partial charge >= 0.3 is 0 Å². The van der Waals surface area contributed by atoms with Crippen molar-refractivity contribution in [3.05, 3.63) is 29.8 Å². The van der Waals surface area contributed by atoms with E-state index in [1.54, 1.807) is 0 Å². The summed E-state index contributed by atoms with van der Waals surface area (Å²) in [5.74, 6) is 0.954. The SMILES string of the molecule is [c]1ccc(N2CCCCC2)cc1CNCC1CC1. The number of anilines is 1. The Labute approximate surface area is 110 Å². The third kappa shape index (κ3) is 3.26. The molecular weight excluding hydrogens is 220 g/mol. The molecule has 1 N–H and O–H groups in total. The Morgan fingerprint density at radius 2 is 2.06 bits per heavy atom. The molecule has 0 amide bonds. The number of nitrogens with zero attached hydrogens (tertiary/aromatic N) is 1. The summed E-state index contributed by atoms with van der Waals surface area (Å²) in [5.41, 5.74) is 2.69. The molecule has 0 bridgehead atoms. The third-order valence-corrected chi connectivity index (χ3v) is 4.01. The predicted molar refractivity (Wildman–Crippen MR) is 75.8 cm³/mol. The van der Waals surface area contributed by atoms with Crippen LogP contribution in [0.5, 0.6) is 0 Å². The monoisotopic (exact) mass is 243 g/mol. The van der Waals surface area contributed by atoms with E-state index in [4.69, 9.17) is 0 Å². The van der Waals surface area contributed by atoms with Gasteiger partial charge in [-0.25, -0.2) is 0 Å². The Morgan fingerprint density at radius 1 is 1.22 bits per heavy atom. The standard InChI is InChI=1S/C16H23N2/c1-2-9-18(10-3-1)16-6-4-5-15(11-16)13-17-12-14-7-8-14/h4,6,11,14,17H,1-3,7-10,12-13H2. The molecule has 0 aromatic heterocycles. The molecule has 1 aliphatic heterocycles. The predicted octanol–water partition coefficient (Wildman–Crippen LogP) is 2.98. The minimum absolute atomic E-state index is 0.954. The number of nitrogens with one attached hydrogen (secondary N) is 1. The Morgan fingerprint density at radius 3 is 2.83 bits per heavy atom. The summed E-state index contributed by atoms with van der Waals surface area (Å²) >= 11 is 0. The Hall–Kier alpha value is -1.02. The fraction of sp³-hybridized carbons (Fsp3) is 0.625. The molecule has 1 aliphatic carbocycles. The molecule has 0 spiro atoms. The molecular formula is C16H23N2. The highest BCUT2D eigenvalue weighted by Crippen LogP contribution is 2.27. The summed E-state index contributed by atoms with van der Waals surface area (Å²) in [4.78, 5) is 2.52. The van der Waals surface area contributed by atoms with Gasteiger partial charge < -0.3 is 10.2 Å². The van der Waals surface area contributed by atoms with Crippen LogP contribution in [-0.4, -0.2) is 19.6 Å². The van der Waals surface area contributed by atoms with Crippen molar-refractivity contribution >= 4 is 5.69 Å². The first kappa shape index (κ1) is 12.0. The zero-order chi connectivity index (χ0) is 12.2. The van der Waals surface area contributed by atoms with Crippen LogP contribution in [0.3, 0.4) is 0 Å². The van der Waals surface area contributed by atoms with E-state index in [9.17, 15) is 0 Å². The van der Waals surface area contributed by atoms with Crippen LogP contribution in [0, 0.1) is 12.0 Å². The van der Waals surface area contributed by atoms with Gasteiger partial charge in [-0.2, -0.15) is 0 Å². The summed E-state index contributed by atoms with van der Waals surface area (Å²) in [6.45, 7) is 4.60. The lowest BCUT2D eigenvalue weighted by atomic mass is 10.1. The van der Waals surface area contributed by atoms with Crippen molar-refractivity contribution in [2.24, 2.45) is 5.92 Å². The number of hydrogen-bond donors (Lipinski definition) is 1. The van der Waals surface area contributed by atoms with Gasteiger partial charge in [-0.1, -0.05) is 6.07 Å². The molecule has 1 saturated carbocycles. The van der Waals surface area contributed by atoms with Gasteiger partial charge in [0, 0.05) is 25.3 Å². The van der Waals surface area contributed by atoms with E-state index in [-0.39, 0.29) is 0 Å². The second-order valence-electron chi connectivity index (χ2n) is 5.69. The second-order valence-corrected chi connectivity index (χ2v) is 5.69. The minimum Gasteiger partial charge on any atom is -0.372 e. The van der Waals surface area contributed by atoms with E-state index in [1.165, 1.54) is 63.0 Å². The van der Waals surface area contributed by atoms with Crippen molar-refractivity contribution in [2.45, 2.75) is 38.6 Å². The van der Waals surface area contributed by atoms with Crippen molar-refractivity contribution in [2.75, 3.05) is 24.5 Å². The molecule has 0 unspecified atom stereocenters. The normalized spacial score (nSPS) is 20.1.